The average molecular weight is 271 g/mol. The van der Waals surface area contributed by atoms with E-state index in [0.29, 0.717) is 0 Å². The molecule has 1 rings (SSSR count). The molecule has 0 aromatic heterocycles. The first-order chi connectivity index (χ1) is 8.92. The Morgan fingerprint density at radius 1 is 1.16 bits per heavy atom. The number of ether oxygens (including phenoxy) is 1. The van der Waals surface area contributed by atoms with Crippen LogP contribution in [0.5, 0.6) is 0 Å². The van der Waals surface area contributed by atoms with Gasteiger partial charge in [-0.15, -0.1) is 0 Å². The van der Waals surface area contributed by atoms with Gasteiger partial charge in [0, 0.05) is 26.2 Å². The zero-order valence-electron chi connectivity index (χ0n) is 12.7. The Morgan fingerprint density at radius 3 is 2.32 bits per heavy atom. The molecule has 0 spiro atoms. The number of carbonyl (C=O) groups excluding carboxylic acids is 1. The highest BCUT2D eigenvalue weighted by atomic mass is 16.5. The normalized spacial score (nSPS) is 17.8. The summed E-state index contributed by atoms with van der Waals surface area (Å²) in [5.41, 5.74) is 5.24. The van der Waals surface area contributed by atoms with Gasteiger partial charge in [-0.25, -0.2) is 0 Å². The first-order valence-electron chi connectivity index (χ1n) is 7.26. The molecule has 1 aliphatic heterocycles. The van der Waals surface area contributed by atoms with E-state index < -0.39 is 0 Å². The van der Waals surface area contributed by atoms with E-state index in [1.165, 1.54) is 0 Å². The van der Waals surface area contributed by atoms with Gasteiger partial charge in [-0.3, -0.25) is 9.69 Å². The number of amides is 1. The summed E-state index contributed by atoms with van der Waals surface area (Å²) in [6.45, 7) is 11.5. The summed E-state index contributed by atoms with van der Waals surface area (Å²) in [5.74, 6) is 0.108. The molecule has 19 heavy (non-hydrogen) atoms. The first kappa shape index (κ1) is 16.4. The summed E-state index contributed by atoms with van der Waals surface area (Å²) < 4.78 is 5.53. The van der Waals surface area contributed by atoms with Gasteiger partial charge in [-0.1, -0.05) is 0 Å². The van der Waals surface area contributed by atoms with Crippen LogP contribution in [0.1, 0.15) is 33.6 Å². The molecule has 1 fully saturated rings. The highest BCUT2D eigenvalue weighted by Crippen LogP contribution is 2.08. The molecule has 0 atom stereocenters. The molecule has 1 amide bonds. The van der Waals surface area contributed by atoms with Crippen molar-refractivity contribution >= 4 is 5.91 Å². The second-order valence-corrected chi connectivity index (χ2v) is 6.12. The zero-order chi connectivity index (χ0) is 14.3. The van der Waals surface area contributed by atoms with Gasteiger partial charge in [0.1, 0.15) is 6.61 Å². The second kappa shape index (κ2) is 7.82. The molecule has 1 saturated heterocycles. The van der Waals surface area contributed by atoms with Gasteiger partial charge in [0.15, 0.2) is 0 Å². The van der Waals surface area contributed by atoms with Gasteiger partial charge in [-0.2, -0.15) is 0 Å². The van der Waals surface area contributed by atoms with Crippen LogP contribution < -0.4 is 5.73 Å². The molecule has 2 N–H and O–H groups in total. The van der Waals surface area contributed by atoms with E-state index in [-0.39, 0.29) is 18.1 Å². The van der Waals surface area contributed by atoms with Gasteiger partial charge in [0.05, 0.1) is 5.60 Å². The average Bonchev–Trinajstić information content (AvgIpc) is 2.36. The molecule has 0 aromatic rings. The lowest BCUT2D eigenvalue weighted by molar-refractivity contribution is -0.142. The van der Waals surface area contributed by atoms with Crippen LogP contribution in [-0.2, 0) is 9.53 Å². The fourth-order valence-electron chi connectivity index (χ4n) is 2.07. The third kappa shape index (κ3) is 6.89. The molecule has 0 radical (unpaired) electrons. The predicted octanol–water partition coefficient (Wildman–Crippen LogP) is 0.685. The molecule has 0 bridgehead atoms. The Bertz CT molecular complexity index is 268. The maximum Gasteiger partial charge on any atom is 0.248 e. The maximum atomic E-state index is 12.0. The molecule has 0 aliphatic carbocycles. The summed E-state index contributed by atoms with van der Waals surface area (Å²) >= 11 is 0. The Labute approximate surface area is 117 Å². The summed E-state index contributed by atoms with van der Waals surface area (Å²) in [6.07, 6.45) is 2.23. The molecule has 5 nitrogen and oxygen atoms in total. The topological polar surface area (TPSA) is 58.8 Å². The van der Waals surface area contributed by atoms with Crippen molar-refractivity contribution in [1.82, 2.24) is 9.80 Å². The number of hydrogen-bond donors (Lipinski definition) is 1. The van der Waals surface area contributed by atoms with E-state index in [1.807, 2.05) is 25.7 Å². The van der Waals surface area contributed by atoms with E-state index in [4.69, 9.17) is 10.5 Å². The first-order valence-corrected chi connectivity index (χ1v) is 7.26. The number of piperazine rings is 1. The third-order valence-electron chi connectivity index (χ3n) is 3.28. The lowest BCUT2D eigenvalue weighted by atomic mass is 10.2. The largest absolute Gasteiger partial charge is 0.366 e. The minimum atomic E-state index is -0.250. The minimum absolute atomic E-state index is 0.108. The van der Waals surface area contributed by atoms with Crippen LogP contribution >= 0.6 is 0 Å². The molecular formula is C14H29N3O2. The molecular weight excluding hydrogens is 242 g/mol. The highest BCUT2D eigenvalue weighted by molar-refractivity contribution is 5.77. The van der Waals surface area contributed by atoms with Crippen molar-refractivity contribution in [2.24, 2.45) is 5.73 Å². The van der Waals surface area contributed by atoms with Gasteiger partial charge >= 0.3 is 0 Å². The molecule has 0 aromatic carbocycles. The Balaban J connectivity index is 2.20. The van der Waals surface area contributed by atoms with Gasteiger partial charge in [0.2, 0.25) is 5.91 Å². The minimum Gasteiger partial charge on any atom is -0.366 e. The van der Waals surface area contributed by atoms with Gasteiger partial charge in [-0.05, 0) is 46.7 Å². The van der Waals surface area contributed by atoms with Crippen molar-refractivity contribution in [1.29, 1.82) is 0 Å². The van der Waals surface area contributed by atoms with Crippen LogP contribution in [0.2, 0.25) is 0 Å². The van der Waals surface area contributed by atoms with E-state index >= 15 is 0 Å². The fraction of sp³-hybridized carbons (Fsp3) is 0.929. The summed E-state index contributed by atoms with van der Waals surface area (Å²) in [5, 5.41) is 0. The number of rotatable bonds is 6. The zero-order valence-corrected chi connectivity index (χ0v) is 12.7. The number of nitrogens with zero attached hydrogens (tertiary/aromatic N) is 2. The van der Waals surface area contributed by atoms with Crippen molar-refractivity contribution in [3.63, 3.8) is 0 Å². The summed E-state index contributed by atoms with van der Waals surface area (Å²) in [4.78, 5) is 16.3. The van der Waals surface area contributed by atoms with Crippen LogP contribution in [0.3, 0.4) is 0 Å². The van der Waals surface area contributed by atoms with E-state index in [0.717, 1.165) is 52.1 Å². The molecule has 5 heteroatoms. The molecule has 0 saturated carbocycles. The van der Waals surface area contributed by atoms with Crippen molar-refractivity contribution in [3.05, 3.63) is 0 Å². The van der Waals surface area contributed by atoms with E-state index in [9.17, 15) is 4.79 Å². The molecule has 1 aliphatic rings. The smallest absolute Gasteiger partial charge is 0.248 e. The van der Waals surface area contributed by atoms with Crippen molar-refractivity contribution < 1.29 is 9.53 Å². The number of unbranched alkanes of at least 4 members (excludes halogenated alkanes) is 1. The van der Waals surface area contributed by atoms with Crippen molar-refractivity contribution in [2.75, 3.05) is 45.9 Å². The number of hydrogen-bond acceptors (Lipinski definition) is 4. The standard InChI is InChI=1S/C14H29N3O2/c1-14(2,3)19-12-13(18)17-10-8-16(9-11-17)7-5-4-6-15/h4-12,15H2,1-3H3. The predicted molar refractivity (Wildman–Crippen MR) is 77.0 cm³/mol. The van der Waals surface area contributed by atoms with Crippen LogP contribution in [0, 0.1) is 0 Å². The number of carbonyl (C=O) groups is 1. The lowest BCUT2D eigenvalue weighted by Gasteiger charge is -2.35. The molecule has 1 heterocycles. The van der Waals surface area contributed by atoms with E-state index in [1.54, 1.807) is 0 Å². The monoisotopic (exact) mass is 271 g/mol. The Kier molecular flexibility index (Phi) is 6.75. The number of nitrogens with two attached hydrogens (primary N) is 1. The van der Waals surface area contributed by atoms with Gasteiger partial charge < -0.3 is 15.4 Å². The van der Waals surface area contributed by atoms with Crippen LogP contribution in [0.25, 0.3) is 0 Å². The highest BCUT2D eigenvalue weighted by Gasteiger charge is 2.22. The summed E-state index contributed by atoms with van der Waals surface area (Å²) in [7, 11) is 0. The van der Waals surface area contributed by atoms with Crippen LogP contribution in [-0.4, -0.2) is 67.2 Å². The Hall–Kier alpha value is -0.650. The van der Waals surface area contributed by atoms with Crippen LogP contribution in [0.4, 0.5) is 0 Å². The fourth-order valence-corrected chi connectivity index (χ4v) is 2.07. The Morgan fingerprint density at radius 2 is 1.79 bits per heavy atom. The second-order valence-electron chi connectivity index (χ2n) is 6.12. The van der Waals surface area contributed by atoms with Crippen molar-refractivity contribution in [3.8, 4) is 0 Å². The summed E-state index contributed by atoms with van der Waals surface area (Å²) in [6, 6.07) is 0. The van der Waals surface area contributed by atoms with E-state index in [2.05, 4.69) is 4.90 Å². The van der Waals surface area contributed by atoms with Crippen LogP contribution in [0.15, 0.2) is 0 Å². The van der Waals surface area contributed by atoms with Crippen molar-refractivity contribution in [2.45, 2.75) is 39.2 Å². The quantitative estimate of drug-likeness (QED) is 0.722. The molecule has 0 unspecified atom stereocenters. The molecule has 112 valence electrons. The third-order valence-corrected chi connectivity index (χ3v) is 3.28. The maximum absolute atomic E-state index is 12.0. The van der Waals surface area contributed by atoms with Gasteiger partial charge in [0.25, 0.3) is 0 Å². The lowest BCUT2D eigenvalue weighted by Crippen LogP contribution is -2.50. The SMILES string of the molecule is CC(C)(C)OCC(=O)N1CCN(CCCCN)CC1.